The number of carbonyl (C=O) groups is 1. The summed E-state index contributed by atoms with van der Waals surface area (Å²) in [4.78, 5) is 13.9. The molecule has 2 rings (SSSR count). The molecule has 0 spiro atoms. The molecule has 6 nitrogen and oxygen atoms in total. The number of aliphatic hydroxyl groups is 2. The molecule has 1 heterocycles. The standard InChI is InChI=1S/C15H22N2O4/c1-10-7-17(8-14(9-18)21-10)15(20)16-13-5-3-4-12(6-13)11(2)19/h3-6,10-11,14,18-19H,7-9H2,1-2H3,(H,16,20). The van der Waals surface area contributed by atoms with Gasteiger partial charge in [0.2, 0.25) is 0 Å². The second kappa shape index (κ2) is 6.89. The SMILES string of the molecule is CC1CN(C(=O)Nc2cccc(C(C)O)c2)CC(CO)O1. The smallest absolute Gasteiger partial charge is 0.322 e. The number of aliphatic hydroxyl groups excluding tert-OH is 2. The Bertz CT molecular complexity index is 492. The fourth-order valence-corrected chi connectivity index (χ4v) is 2.39. The van der Waals surface area contributed by atoms with Crippen molar-refractivity contribution < 1.29 is 19.7 Å². The molecule has 0 bridgehead atoms. The van der Waals surface area contributed by atoms with E-state index in [1.54, 1.807) is 36.1 Å². The van der Waals surface area contributed by atoms with Gasteiger partial charge in [-0.25, -0.2) is 4.79 Å². The number of rotatable bonds is 3. The number of nitrogens with zero attached hydrogens (tertiary/aromatic N) is 1. The molecular formula is C15H22N2O4. The summed E-state index contributed by atoms with van der Waals surface area (Å²) in [7, 11) is 0. The zero-order chi connectivity index (χ0) is 15.4. The summed E-state index contributed by atoms with van der Waals surface area (Å²) in [6.45, 7) is 4.29. The van der Waals surface area contributed by atoms with Gasteiger partial charge in [0.05, 0.1) is 31.5 Å². The third-order valence-electron chi connectivity index (χ3n) is 3.44. The molecule has 0 radical (unpaired) electrons. The minimum Gasteiger partial charge on any atom is -0.394 e. The van der Waals surface area contributed by atoms with Crippen molar-refractivity contribution in [3.63, 3.8) is 0 Å². The molecule has 1 aromatic rings. The van der Waals surface area contributed by atoms with Crippen LogP contribution in [0.15, 0.2) is 24.3 Å². The third-order valence-corrected chi connectivity index (χ3v) is 3.44. The van der Waals surface area contributed by atoms with Crippen LogP contribution in [0.25, 0.3) is 0 Å². The maximum Gasteiger partial charge on any atom is 0.322 e. The largest absolute Gasteiger partial charge is 0.394 e. The van der Waals surface area contributed by atoms with Crippen LogP contribution < -0.4 is 5.32 Å². The van der Waals surface area contributed by atoms with E-state index in [2.05, 4.69) is 5.32 Å². The van der Waals surface area contributed by atoms with Crippen LogP contribution in [0.1, 0.15) is 25.5 Å². The van der Waals surface area contributed by atoms with E-state index in [4.69, 9.17) is 4.74 Å². The number of benzene rings is 1. The Morgan fingerprint density at radius 2 is 2.29 bits per heavy atom. The van der Waals surface area contributed by atoms with Crippen molar-refractivity contribution >= 4 is 11.7 Å². The van der Waals surface area contributed by atoms with Crippen molar-refractivity contribution in [3.05, 3.63) is 29.8 Å². The van der Waals surface area contributed by atoms with Crippen LogP contribution in [0.3, 0.4) is 0 Å². The lowest BCUT2D eigenvalue weighted by Gasteiger charge is -2.36. The fraction of sp³-hybridized carbons (Fsp3) is 0.533. The van der Waals surface area contributed by atoms with E-state index in [-0.39, 0.29) is 24.8 Å². The van der Waals surface area contributed by atoms with Gasteiger partial charge in [0, 0.05) is 12.2 Å². The number of ether oxygens (including phenoxy) is 1. The van der Waals surface area contributed by atoms with E-state index in [0.29, 0.717) is 18.8 Å². The lowest BCUT2D eigenvalue weighted by atomic mass is 10.1. The lowest BCUT2D eigenvalue weighted by molar-refractivity contribution is -0.0822. The van der Waals surface area contributed by atoms with Crippen LogP contribution in [-0.4, -0.2) is 53.0 Å². The Hall–Kier alpha value is -1.63. The average molecular weight is 294 g/mol. The van der Waals surface area contributed by atoms with Gasteiger partial charge in [-0.15, -0.1) is 0 Å². The highest BCUT2D eigenvalue weighted by Gasteiger charge is 2.27. The van der Waals surface area contributed by atoms with Crippen molar-refractivity contribution in [3.8, 4) is 0 Å². The Balaban J connectivity index is 2.02. The molecule has 1 aliphatic rings. The Kier molecular flexibility index (Phi) is 5.17. The molecule has 21 heavy (non-hydrogen) atoms. The number of hydrogen-bond donors (Lipinski definition) is 3. The summed E-state index contributed by atoms with van der Waals surface area (Å²) >= 11 is 0. The summed E-state index contributed by atoms with van der Waals surface area (Å²) in [5.41, 5.74) is 1.38. The van der Waals surface area contributed by atoms with Crippen molar-refractivity contribution in [2.75, 3.05) is 25.0 Å². The summed E-state index contributed by atoms with van der Waals surface area (Å²) in [6, 6.07) is 6.88. The van der Waals surface area contributed by atoms with Crippen LogP contribution in [0.2, 0.25) is 0 Å². The fourth-order valence-electron chi connectivity index (χ4n) is 2.39. The number of anilines is 1. The normalized spacial score (nSPS) is 23.7. The molecular weight excluding hydrogens is 272 g/mol. The summed E-state index contributed by atoms with van der Waals surface area (Å²) in [6.07, 6.45) is -1.03. The Labute approximate surface area is 124 Å². The van der Waals surface area contributed by atoms with Crippen molar-refractivity contribution in [2.45, 2.75) is 32.2 Å². The van der Waals surface area contributed by atoms with Gasteiger partial charge in [0.25, 0.3) is 0 Å². The minimum atomic E-state index is -0.580. The van der Waals surface area contributed by atoms with Crippen LogP contribution in [0.5, 0.6) is 0 Å². The van der Waals surface area contributed by atoms with Crippen LogP contribution in [-0.2, 0) is 4.74 Å². The van der Waals surface area contributed by atoms with E-state index < -0.39 is 6.10 Å². The van der Waals surface area contributed by atoms with Gasteiger partial charge in [-0.3, -0.25) is 0 Å². The molecule has 1 fully saturated rings. The number of urea groups is 1. The van der Waals surface area contributed by atoms with Gasteiger partial charge in [-0.05, 0) is 31.5 Å². The van der Waals surface area contributed by atoms with E-state index in [9.17, 15) is 15.0 Å². The first kappa shape index (κ1) is 15.8. The lowest BCUT2D eigenvalue weighted by Crippen LogP contribution is -2.51. The summed E-state index contributed by atoms with van der Waals surface area (Å²) in [5, 5.41) is 21.6. The predicted octanol–water partition coefficient (Wildman–Crippen LogP) is 1.35. The first-order chi connectivity index (χ1) is 9.99. The molecule has 0 saturated carbocycles. The summed E-state index contributed by atoms with van der Waals surface area (Å²) in [5.74, 6) is 0. The number of nitrogens with one attached hydrogen (secondary N) is 1. The molecule has 0 aliphatic carbocycles. The first-order valence-electron chi connectivity index (χ1n) is 7.10. The van der Waals surface area contributed by atoms with Gasteiger partial charge in [0.15, 0.2) is 0 Å². The molecule has 116 valence electrons. The van der Waals surface area contributed by atoms with Crippen LogP contribution in [0.4, 0.5) is 10.5 Å². The van der Waals surface area contributed by atoms with Gasteiger partial charge < -0.3 is 25.2 Å². The number of amides is 2. The molecule has 2 amide bonds. The Morgan fingerprint density at radius 1 is 1.52 bits per heavy atom. The second-order valence-electron chi connectivity index (χ2n) is 5.39. The molecule has 3 atom stereocenters. The maximum atomic E-state index is 12.3. The van der Waals surface area contributed by atoms with Gasteiger partial charge >= 0.3 is 6.03 Å². The zero-order valence-corrected chi connectivity index (χ0v) is 12.3. The van der Waals surface area contributed by atoms with Gasteiger partial charge in [-0.1, -0.05) is 12.1 Å². The molecule has 0 aromatic heterocycles. The maximum absolute atomic E-state index is 12.3. The highest BCUT2D eigenvalue weighted by atomic mass is 16.5. The second-order valence-corrected chi connectivity index (χ2v) is 5.39. The van der Waals surface area contributed by atoms with E-state index >= 15 is 0 Å². The van der Waals surface area contributed by atoms with Gasteiger partial charge in [0.1, 0.15) is 0 Å². The third kappa shape index (κ3) is 4.17. The number of morpholine rings is 1. The van der Waals surface area contributed by atoms with E-state index in [1.807, 2.05) is 6.92 Å². The predicted molar refractivity (Wildman–Crippen MR) is 79.1 cm³/mol. The minimum absolute atomic E-state index is 0.106. The highest BCUT2D eigenvalue weighted by molar-refractivity contribution is 5.89. The van der Waals surface area contributed by atoms with Crippen molar-refractivity contribution in [1.29, 1.82) is 0 Å². The number of hydrogen-bond acceptors (Lipinski definition) is 4. The summed E-state index contributed by atoms with van der Waals surface area (Å²) < 4.78 is 5.51. The molecule has 1 aliphatic heterocycles. The molecule has 1 saturated heterocycles. The molecule has 6 heteroatoms. The Morgan fingerprint density at radius 3 is 2.95 bits per heavy atom. The highest BCUT2D eigenvalue weighted by Crippen LogP contribution is 2.18. The first-order valence-corrected chi connectivity index (χ1v) is 7.10. The molecule has 1 aromatic carbocycles. The average Bonchev–Trinajstić information content (AvgIpc) is 2.46. The monoisotopic (exact) mass is 294 g/mol. The van der Waals surface area contributed by atoms with Crippen LogP contribution >= 0.6 is 0 Å². The van der Waals surface area contributed by atoms with Crippen molar-refractivity contribution in [1.82, 2.24) is 4.90 Å². The quantitative estimate of drug-likeness (QED) is 0.786. The molecule has 3 unspecified atom stereocenters. The van der Waals surface area contributed by atoms with E-state index in [1.165, 1.54) is 0 Å². The topological polar surface area (TPSA) is 82.0 Å². The number of carbonyl (C=O) groups excluding carboxylic acids is 1. The molecule has 3 N–H and O–H groups in total. The zero-order valence-electron chi connectivity index (χ0n) is 12.3. The van der Waals surface area contributed by atoms with E-state index in [0.717, 1.165) is 5.56 Å². The van der Waals surface area contributed by atoms with Gasteiger partial charge in [-0.2, -0.15) is 0 Å². The van der Waals surface area contributed by atoms with Crippen LogP contribution in [0, 0.1) is 0 Å². The van der Waals surface area contributed by atoms with Crippen molar-refractivity contribution in [2.24, 2.45) is 0 Å².